The minimum absolute atomic E-state index is 0.183. The molecule has 0 aliphatic rings. The summed E-state index contributed by atoms with van der Waals surface area (Å²) in [5.74, 6) is -1.00. The monoisotopic (exact) mass is 331 g/mol. The van der Waals surface area contributed by atoms with Gasteiger partial charge < -0.3 is 14.7 Å². The number of nitrogens with zero attached hydrogens (tertiary/aromatic N) is 2. The zero-order chi connectivity index (χ0) is 17.4. The van der Waals surface area contributed by atoms with Crippen molar-refractivity contribution in [3.63, 3.8) is 0 Å². The largest absolute Gasteiger partial charge is 0.478 e. The van der Waals surface area contributed by atoms with Crippen LogP contribution in [0.15, 0.2) is 71.9 Å². The van der Waals surface area contributed by atoms with Gasteiger partial charge in [-0.25, -0.2) is 9.78 Å². The van der Waals surface area contributed by atoms with Gasteiger partial charge in [-0.05, 0) is 29.8 Å². The lowest BCUT2D eigenvalue weighted by Gasteiger charge is -2.03. The highest BCUT2D eigenvalue weighted by Crippen LogP contribution is 2.30. The molecule has 0 saturated heterocycles. The third-order valence-electron chi connectivity index (χ3n) is 4.04. The number of hydrogen-bond donors (Lipinski definition) is 2. The van der Waals surface area contributed by atoms with Gasteiger partial charge in [-0.15, -0.1) is 0 Å². The summed E-state index contributed by atoms with van der Waals surface area (Å²) in [5.41, 5.74) is 3.09. The van der Waals surface area contributed by atoms with E-state index in [0.29, 0.717) is 22.2 Å². The van der Waals surface area contributed by atoms with E-state index >= 15 is 0 Å². The fourth-order valence-corrected chi connectivity index (χ4v) is 2.89. The maximum absolute atomic E-state index is 12.4. The molecule has 0 atom stereocenters. The van der Waals surface area contributed by atoms with Crippen molar-refractivity contribution in [2.24, 2.45) is 0 Å². The molecule has 122 valence electrons. The molecule has 0 radical (unpaired) electrons. The lowest BCUT2D eigenvalue weighted by molar-refractivity contribution is 0.0697. The van der Waals surface area contributed by atoms with Crippen molar-refractivity contribution in [1.82, 2.24) is 14.5 Å². The molecule has 0 spiro atoms. The van der Waals surface area contributed by atoms with Crippen molar-refractivity contribution in [1.29, 1.82) is 0 Å². The Morgan fingerprint density at radius 3 is 2.64 bits per heavy atom. The molecule has 0 aliphatic carbocycles. The second-order valence-corrected chi connectivity index (χ2v) is 5.56. The fourth-order valence-electron chi connectivity index (χ4n) is 2.89. The smallest absolute Gasteiger partial charge is 0.335 e. The summed E-state index contributed by atoms with van der Waals surface area (Å²) in [6.45, 7) is 0. The minimum Gasteiger partial charge on any atom is -0.478 e. The third kappa shape index (κ3) is 2.49. The number of aromatic amines is 1. The van der Waals surface area contributed by atoms with E-state index in [1.54, 1.807) is 22.8 Å². The average molecular weight is 331 g/mol. The molecule has 0 aliphatic heterocycles. The summed E-state index contributed by atoms with van der Waals surface area (Å²) in [7, 11) is 0. The molecule has 6 heteroatoms. The van der Waals surface area contributed by atoms with E-state index in [4.69, 9.17) is 0 Å². The summed E-state index contributed by atoms with van der Waals surface area (Å²) in [5, 5.41) is 9.22. The molecule has 4 rings (SSSR count). The predicted octanol–water partition coefficient (Wildman–Crippen LogP) is 3.08. The van der Waals surface area contributed by atoms with Gasteiger partial charge in [0.2, 0.25) is 0 Å². The number of H-pyrrole nitrogens is 1. The number of carboxylic acids is 1. The van der Waals surface area contributed by atoms with Crippen LogP contribution in [0.2, 0.25) is 0 Å². The molecule has 25 heavy (non-hydrogen) atoms. The van der Waals surface area contributed by atoms with Crippen LogP contribution in [0.25, 0.3) is 27.8 Å². The van der Waals surface area contributed by atoms with Crippen LogP contribution in [-0.4, -0.2) is 25.6 Å². The topological polar surface area (TPSA) is 88.0 Å². The first-order chi connectivity index (χ1) is 12.1. The molecule has 2 aromatic heterocycles. The van der Waals surface area contributed by atoms with E-state index in [0.717, 1.165) is 5.69 Å². The van der Waals surface area contributed by atoms with Gasteiger partial charge >= 0.3 is 5.97 Å². The van der Waals surface area contributed by atoms with Gasteiger partial charge in [-0.2, -0.15) is 0 Å². The average Bonchev–Trinajstić information content (AvgIpc) is 3.04. The van der Waals surface area contributed by atoms with Crippen LogP contribution >= 0.6 is 0 Å². The van der Waals surface area contributed by atoms with Gasteiger partial charge in [0.1, 0.15) is 11.0 Å². The Morgan fingerprint density at radius 2 is 1.88 bits per heavy atom. The van der Waals surface area contributed by atoms with Crippen molar-refractivity contribution in [2.75, 3.05) is 0 Å². The Morgan fingerprint density at radius 1 is 1.08 bits per heavy atom. The number of aromatic carboxylic acids is 1. The number of para-hydroxylation sites is 1. The zero-order valence-corrected chi connectivity index (χ0v) is 13.0. The Bertz CT molecular complexity index is 1140. The van der Waals surface area contributed by atoms with Gasteiger partial charge in [-0.3, -0.25) is 4.79 Å². The number of hydrogen-bond acceptors (Lipinski definition) is 3. The molecule has 0 unspecified atom stereocenters. The van der Waals surface area contributed by atoms with Crippen LogP contribution in [0.1, 0.15) is 10.4 Å². The van der Waals surface area contributed by atoms with Crippen molar-refractivity contribution >= 4 is 17.0 Å². The van der Waals surface area contributed by atoms with Gasteiger partial charge in [0.15, 0.2) is 0 Å². The third-order valence-corrected chi connectivity index (χ3v) is 4.04. The van der Waals surface area contributed by atoms with Crippen molar-refractivity contribution in [3.8, 4) is 16.8 Å². The first-order valence-corrected chi connectivity index (χ1v) is 7.63. The highest BCUT2D eigenvalue weighted by molar-refractivity contribution is 5.96. The van der Waals surface area contributed by atoms with Crippen molar-refractivity contribution in [2.45, 2.75) is 0 Å². The molecule has 0 bridgehead atoms. The molecule has 0 saturated carbocycles. The first-order valence-electron chi connectivity index (χ1n) is 7.63. The molecule has 6 nitrogen and oxygen atoms in total. The molecule has 2 N–H and O–H groups in total. The lowest BCUT2D eigenvalue weighted by Crippen LogP contribution is -2.09. The Balaban J connectivity index is 2.04. The van der Waals surface area contributed by atoms with Crippen molar-refractivity contribution < 1.29 is 9.90 Å². The van der Waals surface area contributed by atoms with Gasteiger partial charge in [0.05, 0.1) is 11.9 Å². The number of aromatic nitrogens is 3. The first kappa shape index (κ1) is 14.9. The summed E-state index contributed by atoms with van der Waals surface area (Å²) >= 11 is 0. The molecular formula is C19H13N3O3. The van der Waals surface area contributed by atoms with Crippen LogP contribution in [0, 0.1) is 0 Å². The normalized spacial score (nSPS) is 10.9. The van der Waals surface area contributed by atoms with Crippen LogP contribution in [0.5, 0.6) is 0 Å². The van der Waals surface area contributed by atoms with E-state index < -0.39 is 5.97 Å². The number of fused-ring (bicyclic) bond motifs is 1. The maximum atomic E-state index is 12.4. The highest BCUT2D eigenvalue weighted by atomic mass is 16.4. The van der Waals surface area contributed by atoms with E-state index in [1.165, 1.54) is 12.4 Å². The van der Waals surface area contributed by atoms with Crippen molar-refractivity contribution in [3.05, 3.63) is 83.0 Å². The van der Waals surface area contributed by atoms with E-state index in [9.17, 15) is 14.7 Å². The summed E-state index contributed by atoms with van der Waals surface area (Å²) in [6, 6.07) is 16.0. The van der Waals surface area contributed by atoms with Crippen LogP contribution in [0.4, 0.5) is 0 Å². The number of benzene rings is 2. The van der Waals surface area contributed by atoms with E-state index in [1.807, 2.05) is 36.5 Å². The molecule has 2 aromatic carbocycles. The molecule has 4 aromatic rings. The fraction of sp³-hybridized carbons (Fsp3) is 0. The number of nitrogens with one attached hydrogen (secondary N) is 1. The molecule has 0 amide bonds. The SMILES string of the molecule is O=C(O)c1cccc(-c2cn(-c3ccccc3)c3c(=O)[nH]cnc23)c1. The Hall–Kier alpha value is -3.67. The summed E-state index contributed by atoms with van der Waals surface area (Å²) in [4.78, 5) is 30.5. The van der Waals surface area contributed by atoms with Crippen LogP contribution < -0.4 is 5.56 Å². The van der Waals surface area contributed by atoms with E-state index in [-0.39, 0.29) is 11.1 Å². The van der Waals surface area contributed by atoms with Gasteiger partial charge in [0.25, 0.3) is 5.56 Å². The maximum Gasteiger partial charge on any atom is 0.335 e. The molecule has 2 heterocycles. The van der Waals surface area contributed by atoms with Crippen LogP contribution in [0.3, 0.4) is 0 Å². The lowest BCUT2D eigenvalue weighted by atomic mass is 10.0. The second-order valence-electron chi connectivity index (χ2n) is 5.56. The second kappa shape index (κ2) is 5.76. The van der Waals surface area contributed by atoms with E-state index in [2.05, 4.69) is 9.97 Å². The predicted molar refractivity (Wildman–Crippen MR) is 94.1 cm³/mol. The van der Waals surface area contributed by atoms with Gasteiger partial charge in [0, 0.05) is 17.4 Å². The zero-order valence-electron chi connectivity index (χ0n) is 13.0. The summed E-state index contributed by atoms with van der Waals surface area (Å²) in [6.07, 6.45) is 3.16. The quantitative estimate of drug-likeness (QED) is 0.604. The standard InChI is InChI=1S/C19H13N3O3/c23-18-17-16(20-11-21-18)15(10-22(17)14-7-2-1-3-8-14)12-5-4-6-13(9-12)19(24)25/h1-11H,(H,24,25)(H,20,21,23). The van der Waals surface area contributed by atoms with Gasteiger partial charge in [-0.1, -0.05) is 30.3 Å². The Labute approximate surface area is 142 Å². The highest BCUT2D eigenvalue weighted by Gasteiger charge is 2.16. The Kier molecular flexibility index (Phi) is 3.43. The number of carboxylic acid groups (broad SMARTS) is 1. The van der Waals surface area contributed by atoms with Crippen LogP contribution in [-0.2, 0) is 0 Å². The molecule has 0 fully saturated rings. The minimum atomic E-state index is -1.00. The molecular weight excluding hydrogens is 318 g/mol. The number of carbonyl (C=O) groups is 1. The number of rotatable bonds is 3. The summed E-state index contributed by atoms with van der Waals surface area (Å²) < 4.78 is 1.77.